The molecule has 8 heteroatoms. The average Bonchev–Trinajstić information content (AvgIpc) is 2.72. The first kappa shape index (κ1) is 19.8. The zero-order valence-electron chi connectivity index (χ0n) is 15.7. The Morgan fingerprint density at radius 3 is 2.50 bits per heavy atom. The predicted octanol–water partition coefficient (Wildman–Crippen LogP) is 4.29. The van der Waals surface area contributed by atoms with Gasteiger partial charge in [0.05, 0.1) is 12.2 Å². The molecule has 0 fully saturated rings. The summed E-state index contributed by atoms with van der Waals surface area (Å²) in [6.45, 7) is 3.99. The molecule has 1 aliphatic heterocycles. The molecule has 30 heavy (non-hydrogen) atoms. The minimum atomic E-state index is -3.98. The number of anilines is 1. The number of benzene rings is 3. The van der Waals surface area contributed by atoms with Gasteiger partial charge in [0.25, 0.3) is 10.0 Å². The van der Waals surface area contributed by atoms with Crippen LogP contribution in [-0.4, -0.2) is 14.4 Å². The number of hydrogen-bond donors (Lipinski definition) is 2. The number of rotatable bonds is 4. The molecule has 0 saturated heterocycles. The molecule has 0 aliphatic carbocycles. The fraction of sp³-hybridized carbons (Fsp3) is 0.0455. The largest absolute Gasteiger partial charge is 0.324 e. The molecule has 1 aliphatic rings. The van der Waals surface area contributed by atoms with Gasteiger partial charge in [0.2, 0.25) is 5.96 Å². The number of hydrogen-bond acceptors (Lipinski definition) is 3. The maximum Gasteiger partial charge on any atom is 0.266 e. The second kappa shape index (κ2) is 7.72. The number of guanidine groups is 1. The van der Waals surface area contributed by atoms with Gasteiger partial charge in [0.15, 0.2) is 0 Å². The molecule has 0 spiro atoms. The van der Waals surface area contributed by atoms with E-state index in [2.05, 4.69) is 21.6 Å². The van der Waals surface area contributed by atoms with Crippen LogP contribution in [-0.2, 0) is 16.6 Å². The lowest BCUT2D eigenvalue weighted by molar-refractivity contribution is 0.590. The second-order valence-corrected chi connectivity index (χ2v) is 8.32. The highest BCUT2D eigenvalue weighted by Crippen LogP contribution is 2.36. The third-order valence-corrected chi connectivity index (χ3v) is 5.99. The Morgan fingerprint density at radius 1 is 1.00 bits per heavy atom. The van der Waals surface area contributed by atoms with Crippen LogP contribution in [0.2, 0.25) is 0 Å². The molecule has 0 aromatic heterocycles. The molecule has 0 saturated carbocycles. The number of halogens is 2. The van der Waals surface area contributed by atoms with Gasteiger partial charge >= 0.3 is 0 Å². The molecule has 0 unspecified atom stereocenters. The highest BCUT2D eigenvalue weighted by Gasteiger charge is 2.31. The monoisotopic (exact) mass is 425 g/mol. The summed E-state index contributed by atoms with van der Waals surface area (Å²) in [6.07, 6.45) is 0. The SMILES string of the molecule is C=C(c1ccccc1)c1c(F)ccc2c1NC(=NCc1cccc(F)c1)NS2(=O)=O. The molecule has 1 heterocycles. The van der Waals surface area contributed by atoms with Crippen LogP contribution in [0.3, 0.4) is 0 Å². The van der Waals surface area contributed by atoms with Crippen LogP contribution in [0.25, 0.3) is 5.57 Å². The molecule has 0 bridgehead atoms. The highest BCUT2D eigenvalue weighted by atomic mass is 32.2. The van der Waals surface area contributed by atoms with Crippen LogP contribution in [0.4, 0.5) is 14.5 Å². The smallest absolute Gasteiger partial charge is 0.266 e. The van der Waals surface area contributed by atoms with Gasteiger partial charge in [-0.05, 0) is 41.0 Å². The van der Waals surface area contributed by atoms with Gasteiger partial charge in [0.1, 0.15) is 16.5 Å². The van der Waals surface area contributed by atoms with Crippen LogP contribution in [0.1, 0.15) is 16.7 Å². The first-order valence-corrected chi connectivity index (χ1v) is 10.5. The van der Waals surface area contributed by atoms with E-state index < -0.39 is 21.7 Å². The molecule has 0 atom stereocenters. The Kier molecular flexibility index (Phi) is 5.09. The van der Waals surface area contributed by atoms with Crippen molar-refractivity contribution >= 4 is 27.2 Å². The molecule has 152 valence electrons. The van der Waals surface area contributed by atoms with Gasteiger partial charge in [-0.3, -0.25) is 0 Å². The average molecular weight is 425 g/mol. The van der Waals surface area contributed by atoms with Gasteiger partial charge in [-0.25, -0.2) is 26.9 Å². The van der Waals surface area contributed by atoms with Crippen LogP contribution >= 0.6 is 0 Å². The first-order chi connectivity index (χ1) is 14.3. The number of nitrogens with zero attached hydrogens (tertiary/aromatic N) is 1. The van der Waals surface area contributed by atoms with Crippen molar-refractivity contribution in [2.24, 2.45) is 4.99 Å². The molecule has 5 nitrogen and oxygen atoms in total. The number of nitrogens with one attached hydrogen (secondary N) is 2. The van der Waals surface area contributed by atoms with Crippen LogP contribution in [0.15, 0.2) is 83.2 Å². The van der Waals surface area contributed by atoms with E-state index in [0.717, 1.165) is 6.07 Å². The summed E-state index contributed by atoms with van der Waals surface area (Å²) in [5.74, 6) is -1.12. The lowest BCUT2D eigenvalue weighted by Gasteiger charge is -2.25. The summed E-state index contributed by atoms with van der Waals surface area (Å²) in [6, 6.07) is 17.0. The normalized spacial score (nSPS) is 15.7. The van der Waals surface area contributed by atoms with Crippen LogP contribution < -0.4 is 10.0 Å². The topological polar surface area (TPSA) is 70.6 Å². The van der Waals surface area contributed by atoms with Crippen LogP contribution in [0.5, 0.6) is 0 Å². The quantitative estimate of drug-likeness (QED) is 0.655. The highest BCUT2D eigenvalue weighted by molar-refractivity contribution is 7.90. The molecule has 0 radical (unpaired) electrons. The molecule has 3 aromatic carbocycles. The third kappa shape index (κ3) is 3.81. The maximum atomic E-state index is 14.8. The molecule has 0 amide bonds. The fourth-order valence-corrected chi connectivity index (χ4v) is 4.34. The van der Waals surface area contributed by atoms with Gasteiger partial charge in [-0.15, -0.1) is 0 Å². The zero-order valence-corrected chi connectivity index (χ0v) is 16.5. The van der Waals surface area contributed by atoms with E-state index >= 15 is 0 Å². The standard InChI is InChI=1S/C22H17F2N3O2S/c1-14(16-7-3-2-4-8-16)20-18(24)10-11-19-21(20)26-22(27-30(19,28)29)25-13-15-6-5-9-17(23)12-15/h2-12H,1,13H2,(H2,25,26,27). The summed E-state index contributed by atoms with van der Waals surface area (Å²) in [5, 5.41) is 2.86. The summed E-state index contributed by atoms with van der Waals surface area (Å²) in [4.78, 5) is 4.08. The lowest BCUT2D eigenvalue weighted by atomic mass is 9.97. The number of sulfonamides is 1. The first-order valence-electron chi connectivity index (χ1n) is 9.01. The van der Waals surface area contributed by atoms with Crippen molar-refractivity contribution in [3.05, 3.63) is 102 Å². The van der Waals surface area contributed by atoms with Gasteiger partial charge < -0.3 is 5.32 Å². The summed E-state index contributed by atoms with van der Waals surface area (Å²) in [7, 11) is -3.98. The van der Waals surface area contributed by atoms with Crippen molar-refractivity contribution in [3.8, 4) is 0 Å². The molecular weight excluding hydrogens is 408 g/mol. The van der Waals surface area contributed by atoms with Crippen molar-refractivity contribution in [1.82, 2.24) is 4.72 Å². The Morgan fingerprint density at radius 2 is 1.77 bits per heavy atom. The van der Waals surface area contributed by atoms with E-state index in [4.69, 9.17) is 0 Å². The maximum absolute atomic E-state index is 14.8. The third-order valence-electron chi connectivity index (χ3n) is 4.61. The lowest BCUT2D eigenvalue weighted by Crippen LogP contribution is -2.41. The molecular formula is C22H17F2N3O2S. The Bertz CT molecular complexity index is 1270. The van der Waals surface area contributed by atoms with Gasteiger partial charge in [-0.2, -0.15) is 0 Å². The minimum Gasteiger partial charge on any atom is -0.324 e. The Hall–Kier alpha value is -3.52. The minimum absolute atomic E-state index is 0.0300. The number of aliphatic imine (C=N–C) groups is 1. The summed E-state index contributed by atoms with van der Waals surface area (Å²) >= 11 is 0. The molecule has 3 aromatic rings. The van der Waals surface area contributed by atoms with E-state index in [9.17, 15) is 17.2 Å². The van der Waals surface area contributed by atoms with Gasteiger partial charge in [-0.1, -0.05) is 49.0 Å². The number of fused-ring (bicyclic) bond motifs is 1. The van der Waals surface area contributed by atoms with Gasteiger partial charge in [0, 0.05) is 5.56 Å². The molecule has 4 rings (SSSR count). The summed E-state index contributed by atoms with van der Waals surface area (Å²) in [5.41, 5.74) is 1.64. The van der Waals surface area contributed by atoms with Crippen molar-refractivity contribution in [2.75, 3.05) is 5.32 Å². The van der Waals surface area contributed by atoms with Crippen molar-refractivity contribution < 1.29 is 17.2 Å². The van der Waals surface area contributed by atoms with E-state index in [-0.39, 0.29) is 28.7 Å². The summed E-state index contributed by atoms with van der Waals surface area (Å²) < 4.78 is 55.9. The van der Waals surface area contributed by atoms with E-state index in [0.29, 0.717) is 16.7 Å². The molecule has 2 N–H and O–H groups in total. The predicted molar refractivity (Wildman–Crippen MR) is 112 cm³/mol. The Labute approximate surface area is 172 Å². The second-order valence-electron chi connectivity index (χ2n) is 6.67. The van der Waals surface area contributed by atoms with Crippen molar-refractivity contribution in [2.45, 2.75) is 11.4 Å². The van der Waals surface area contributed by atoms with Crippen molar-refractivity contribution in [3.63, 3.8) is 0 Å². The van der Waals surface area contributed by atoms with E-state index in [1.165, 1.54) is 24.3 Å². The van der Waals surface area contributed by atoms with E-state index in [1.54, 1.807) is 30.3 Å². The fourth-order valence-electron chi connectivity index (χ4n) is 3.19. The van der Waals surface area contributed by atoms with Crippen LogP contribution in [0, 0.1) is 11.6 Å². The zero-order chi connectivity index (χ0) is 21.3. The Balaban J connectivity index is 1.76. The van der Waals surface area contributed by atoms with Crippen molar-refractivity contribution in [1.29, 1.82) is 0 Å². The van der Waals surface area contributed by atoms with E-state index in [1.807, 2.05) is 6.07 Å².